The lowest BCUT2D eigenvalue weighted by Crippen LogP contribution is -2.27. The van der Waals surface area contributed by atoms with Crippen molar-refractivity contribution in [2.24, 2.45) is 0 Å². The molecule has 3 nitrogen and oxygen atoms in total. The van der Waals surface area contributed by atoms with Crippen LogP contribution in [-0.4, -0.2) is 35.6 Å². The van der Waals surface area contributed by atoms with Gasteiger partial charge in [-0.1, -0.05) is 0 Å². The van der Waals surface area contributed by atoms with Gasteiger partial charge in [0.2, 0.25) is 0 Å². The predicted octanol–water partition coefficient (Wildman–Crippen LogP) is 0.555. The van der Waals surface area contributed by atoms with E-state index in [0.29, 0.717) is 6.42 Å². The molecule has 3 heteroatoms. The number of carbonyl (C=O) groups is 1. The molecule has 1 aliphatic heterocycles. The molecule has 0 spiro atoms. The SMILES string of the molecule is [2H]C([2H])(C(=O)O)[C@H]1CCCN1C. The van der Waals surface area contributed by atoms with Crippen molar-refractivity contribution in [1.29, 1.82) is 0 Å². The molecular weight excluding hydrogens is 130 g/mol. The smallest absolute Gasteiger partial charge is 0.304 e. The van der Waals surface area contributed by atoms with Gasteiger partial charge in [0.25, 0.3) is 0 Å². The average molecular weight is 145 g/mol. The van der Waals surface area contributed by atoms with Gasteiger partial charge in [-0.3, -0.25) is 4.79 Å². The van der Waals surface area contributed by atoms with Gasteiger partial charge in [-0.2, -0.15) is 0 Å². The third-order valence-electron chi connectivity index (χ3n) is 1.81. The Morgan fingerprint density at radius 1 is 2.00 bits per heavy atom. The predicted molar refractivity (Wildman–Crippen MR) is 37.9 cm³/mol. The van der Waals surface area contributed by atoms with Crippen molar-refractivity contribution in [3.63, 3.8) is 0 Å². The highest BCUT2D eigenvalue weighted by Gasteiger charge is 2.22. The van der Waals surface area contributed by atoms with Crippen LogP contribution >= 0.6 is 0 Å². The van der Waals surface area contributed by atoms with Gasteiger partial charge in [0.05, 0.1) is 6.37 Å². The molecule has 1 N–H and O–H groups in total. The molecule has 0 aromatic carbocycles. The fourth-order valence-corrected chi connectivity index (χ4v) is 1.24. The Bertz CT molecular complexity index is 196. The molecule has 1 aliphatic rings. The largest absolute Gasteiger partial charge is 0.481 e. The van der Waals surface area contributed by atoms with E-state index >= 15 is 0 Å². The fraction of sp³-hybridized carbons (Fsp3) is 0.857. The van der Waals surface area contributed by atoms with Gasteiger partial charge in [-0.25, -0.2) is 0 Å². The van der Waals surface area contributed by atoms with Crippen molar-refractivity contribution in [1.82, 2.24) is 4.90 Å². The van der Waals surface area contributed by atoms with Crippen LogP contribution in [0.2, 0.25) is 0 Å². The van der Waals surface area contributed by atoms with E-state index in [2.05, 4.69) is 0 Å². The maximum absolute atomic E-state index is 10.6. The summed E-state index contributed by atoms with van der Waals surface area (Å²) in [5.41, 5.74) is 0. The van der Waals surface area contributed by atoms with E-state index in [1.807, 2.05) is 0 Å². The number of carboxylic acid groups (broad SMARTS) is 1. The number of carboxylic acids is 1. The summed E-state index contributed by atoms with van der Waals surface area (Å²) in [6.07, 6.45) is -0.588. The molecular formula is C7H13NO2. The highest BCUT2D eigenvalue weighted by Crippen LogP contribution is 2.17. The number of hydrogen-bond acceptors (Lipinski definition) is 2. The summed E-state index contributed by atoms with van der Waals surface area (Å²) >= 11 is 0. The summed E-state index contributed by atoms with van der Waals surface area (Å²) in [6.45, 7) is 0.789. The van der Waals surface area contributed by atoms with E-state index in [1.165, 1.54) is 0 Å². The van der Waals surface area contributed by atoms with Crippen LogP contribution < -0.4 is 0 Å². The maximum atomic E-state index is 10.6. The number of hydrogen-bond donors (Lipinski definition) is 1. The van der Waals surface area contributed by atoms with Gasteiger partial charge in [0, 0.05) is 8.78 Å². The number of likely N-dealkylation sites (tertiary alicyclic amines) is 1. The molecule has 10 heavy (non-hydrogen) atoms. The van der Waals surface area contributed by atoms with Crippen molar-refractivity contribution in [3.05, 3.63) is 0 Å². The summed E-state index contributed by atoms with van der Waals surface area (Å²) in [4.78, 5) is 12.3. The molecule has 0 aromatic rings. The van der Waals surface area contributed by atoms with Crippen LogP contribution in [0.15, 0.2) is 0 Å². The van der Waals surface area contributed by atoms with Gasteiger partial charge < -0.3 is 10.0 Å². The summed E-state index contributed by atoms with van der Waals surface area (Å²) in [6, 6.07) is -0.463. The van der Waals surface area contributed by atoms with Crippen LogP contribution in [0.5, 0.6) is 0 Å². The number of rotatable bonds is 2. The summed E-state index contributed by atoms with van der Waals surface area (Å²) in [5.74, 6) is -1.36. The quantitative estimate of drug-likeness (QED) is 0.617. The first-order valence-corrected chi connectivity index (χ1v) is 3.40. The Labute approximate surface area is 63.4 Å². The standard InChI is InChI=1S/C7H13NO2/c1-8-4-2-3-6(8)5-7(9)10/h6H,2-5H2,1H3,(H,9,10)/t6-/m1/s1/i5D2. The van der Waals surface area contributed by atoms with Crippen LogP contribution in [0.1, 0.15) is 22.0 Å². The summed E-state index contributed by atoms with van der Waals surface area (Å²) < 4.78 is 14.7. The summed E-state index contributed by atoms with van der Waals surface area (Å²) in [7, 11) is 1.76. The number of aliphatic carboxylic acids is 1. The van der Waals surface area contributed by atoms with Crippen LogP contribution in [0.3, 0.4) is 0 Å². The second-order valence-corrected chi connectivity index (χ2v) is 2.59. The maximum Gasteiger partial charge on any atom is 0.304 e. The molecule has 0 bridgehead atoms. The first-order chi connectivity index (χ1) is 5.46. The van der Waals surface area contributed by atoms with Gasteiger partial charge in [0.15, 0.2) is 0 Å². The zero-order chi connectivity index (χ0) is 9.35. The van der Waals surface area contributed by atoms with E-state index in [0.717, 1.165) is 13.0 Å². The number of nitrogens with zero attached hydrogens (tertiary/aromatic N) is 1. The van der Waals surface area contributed by atoms with Crippen molar-refractivity contribution in [3.8, 4) is 0 Å². The molecule has 1 saturated heterocycles. The van der Waals surface area contributed by atoms with E-state index in [4.69, 9.17) is 7.85 Å². The van der Waals surface area contributed by atoms with Crippen LogP contribution in [0.4, 0.5) is 0 Å². The van der Waals surface area contributed by atoms with Crippen LogP contribution in [-0.2, 0) is 4.79 Å². The average Bonchev–Trinajstić information content (AvgIpc) is 2.35. The highest BCUT2D eigenvalue weighted by atomic mass is 16.4. The molecule has 1 atom stereocenters. The normalized spacial score (nSPS) is 31.5. The second-order valence-electron chi connectivity index (χ2n) is 2.59. The van der Waals surface area contributed by atoms with Crippen molar-refractivity contribution in [2.45, 2.75) is 25.3 Å². The Hall–Kier alpha value is -0.570. The van der Waals surface area contributed by atoms with Crippen molar-refractivity contribution >= 4 is 5.97 Å². The Morgan fingerprint density at radius 2 is 2.70 bits per heavy atom. The first-order valence-electron chi connectivity index (χ1n) is 4.40. The molecule has 1 heterocycles. The highest BCUT2D eigenvalue weighted by molar-refractivity contribution is 5.67. The zero-order valence-corrected chi connectivity index (χ0v) is 6.00. The van der Waals surface area contributed by atoms with Crippen molar-refractivity contribution < 1.29 is 12.6 Å². The fourth-order valence-electron chi connectivity index (χ4n) is 1.24. The van der Waals surface area contributed by atoms with Gasteiger partial charge >= 0.3 is 5.97 Å². The molecule has 0 unspecified atom stereocenters. The molecule has 0 amide bonds. The van der Waals surface area contributed by atoms with Gasteiger partial charge in [0.1, 0.15) is 0 Å². The second kappa shape index (κ2) is 3.01. The zero-order valence-electron chi connectivity index (χ0n) is 8.00. The third-order valence-corrected chi connectivity index (χ3v) is 1.81. The van der Waals surface area contributed by atoms with E-state index < -0.39 is 18.4 Å². The monoisotopic (exact) mass is 145 g/mol. The third kappa shape index (κ3) is 1.70. The Morgan fingerprint density at radius 3 is 3.10 bits per heavy atom. The molecule has 0 aliphatic carbocycles. The van der Waals surface area contributed by atoms with Gasteiger partial charge in [-0.05, 0) is 26.4 Å². The topological polar surface area (TPSA) is 40.5 Å². The van der Waals surface area contributed by atoms with Gasteiger partial charge in [-0.15, -0.1) is 0 Å². The lowest BCUT2D eigenvalue weighted by atomic mass is 10.1. The molecule has 58 valence electrons. The van der Waals surface area contributed by atoms with E-state index in [1.54, 1.807) is 11.9 Å². The molecule has 0 aromatic heterocycles. The van der Waals surface area contributed by atoms with E-state index in [-0.39, 0.29) is 0 Å². The first kappa shape index (κ1) is 5.13. The van der Waals surface area contributed by atoms with Crippen molar-refractivity contribution in [2.75, 3.05) is 13.6 Å². The lowest BCUT2D eigenvalue weighted by molar-refractivity contribution is -0.138. The minimum Gasteiger partial charge on any atom is -0.481 e. The van der Waals surface area contributed by atoms with E-state index in [9.17, 15) is 4.79 Å². The van der Waals surface area contributed by atoms with Crippen LogP contribution in [0, 0.1) is 0 Å². The minimum absolute atomic E-state index is 0.463. The van der Waals surface area contributed by atoms with Crippen LogP contribution in [0.25, 0.3) is 0 Å². The summed E-state index contributed by atoms with van der Waals surface area (Å²) in [5, 5.41) is 8.62. The molecule has 0 radical (unpaired) electrons. The molecule has 1 rings (SSSR count). The molecule has 0 saturated carbocycles. The Kier molecular flexibility index (Phi) is 1.55. The Balaban J connectivity index is 2.73. The minimum atomic E-state index is -2.11. The molecule has 1 fully saturated rings. The lowest BCUT2D eigenvalue weighted by Gasteiger charge is -2.16.